The summed E-state index contributed by atoms with van der Waals surface area (Å²) in [7, 11) is 0. The molecule has 2 fully saturated rings. The van der Waals surface area contributed by atoms with Gasteiger partial charge in [0.2, 0.25) is 0 Å². The third-order valence-corrected chi connectivity index (χ3v) is 8.49. The van der Waals surface area contributed by atoms with Crippen LogP contribution in [-0.2, 0) is 17.1 Å². The lowest BCUT2D eigenvalue weighted by molar-refractivity contribution is -0.0535. The van der Waals surface area contributed by atoms with Gasteiger partial charge in [0.15, 0.2) is 0 Å². The van der Waals surface area contributed by atoms with Crippen molar-refractivity contribution in [2.24, 2.45) is 0 Å². The second kappa shape index (κ2) is 10.2. The van der Waals surface area contributed by atoms with E-state index in [2.05, 4.69) is 72.8 Å². The van der Waals surface area contributed by atoms with Crippen LogP contribution in [0.15, 0.2) is 91.0 Å². The minimum absolute atomic E-state index is 0.0367. The highest BCUT2D eigenvalue weighted by Gasteiger charge is 2.50. The molecule has 2 bridgehead atoms. The third-order valence-electron chi connectivity index (χ3n) is 8.15. The fourth-order valence-corrected chi connectivity index (χ4v) is 6.70. The van der Waals surface area contributed by atoms with Crippen LogP contribution in [0, 0.1) is 0 Å². The molecule has 4 aromatic carbocycles. The zero-order valence-corrected chi connectivity index (χ0v) is 21.6. The Morgan fingerprint density at radius 2 is 1.68 bits per heavy atom. The Bertz CT molecular complexity index is 1420. The molecule has 2 aliphatic heterocycles. The molecule has 2 heterocycles. The second-order valence-electron chi connectivity index (χ2n) is 10.2. The van der Waals surface area contributed by atoms with E-state index in [1.54, 1.807) is 4.90 Å². The number of rotatable bonds is 6. The second-order valence-corrected chi connectivity index (χ2v) is 10.5. The van der Waals surface area contributed by atoms with E-state index in [1.165, 1.54) is 33.0 Å². The number of thiol groups is 1. The zero-order chi connectivity index (χ0) is 25.4. The van der Waals surface area contributed by atoms with Crippen LogP contribution in [0.4, 0.5) is 4.79 Å². The van der Waals surface area contributed by atoms with Crippen LogP contribution in [0.1, 0.15) is 41.9 Å². The smallest absolute Gasteiger partial charge is 0.407 e. The summed E-state index contributed by atoms with van der Waals surface area (Å²) < 4.78 is 6.68. The molecule has 1 N–H and O–H groups in total. The Kier molecular flexibility index (Phi) is 6.66. The summed E-state index contributed by atoms with van der Waals surface area (Å²) in [6, 6.07) is 31.7. The van der Waals surface area contributed by atoms with Gasteiger partial charge in [-0.2, -0.15) is 12.6 Å². The van der Waals surface area contributed by atoms with Crippen molar-refractivity contribution in [3.05, 3.63) is 108 Å². The molecule has 37 heavy (non-hydrogen) atoms. The molecule has 2 saturated heterocycles. The van der Waals surface area contributed by atoms with Crippen molar-refractivity contribution in [3.8, 4) is 11.1 Å². The first-order chi connectivity index (χ1) is 18.1. The molecular weight excluding hydrogens is 478 g/mol. The normalized spacial score (nSPS) is 22.9. The van der Waals surface area contributed by atoms with Crippen LogP contribution in [0.25, 0.3) is 21.9 Å². The van der Waals surface area contributed by atoms with E-state index in [0.29, 0.717) is 12.4 Å². The van der Waals surface area contributed by atoms with Gasteiger partial charge in [0.1, 0.15) is 0 Å². The number of carboxylic acid groups (broad SMARTS) is 1. The number of hydrogen-bond acceptors (Lipinski definition) is 3. The monoisotopic (exact) mass is 509 g/mol. The van der Waals surface area contributed by atoms with Gasteiger partial charge in [0.05, 0.1) is 18.8 Å². The lowest BCUT2D eigenvalue weighted by Crippen LogP contribution is -2.54. The quantitative estimate of drug-likeness (QED) is 0.264. The number of carbonyl (C=O) groups is 1. The molecule has 0 aromatic heterocycles. The maximum absolute atomic E-state index is 12.2. The predicted molar refractivity (Wildman–Crippen MR) is 151 cm³/mol. The maximum atomic E-state index is 12.2. The average molecular weight is 510 g/mol. The molecule has 0 radical (unpaired) electrons. The Hall–Kier alpha value is -3.28. The lowest BCUT2D eigenvalue weighted by atomic mass is 9.80. The van der Waals surface area contributed by atoms with Gasteiger partial charge < -0.3 is 9.84 Å². The molecular formula is C32H31NO3S. The maximum Gasteiger partial charge on any atom is 0.407 e. The van der Waals surface area contributed by atoms with Crippen molar-refractivity contribution in [3.63, 3.8) is 0 Å². The van der Waals surface area contributed by atoms with Gasteiger partial charge in [0, 0.05) is 17.7 Å². The standard InChI is InChI=1S/C32H31NO3S/c34-32(35)33-27-13-15-30(33)31(36-19-21-10-11-23-8-4-5-9-24(23)16-21)29(18-27)28-14-12-25(17-26(28)20-37)22-6-2-1-3-7-22/h1-12,14,16-17,27,29-31,37H,13,15,18-20H2,(H,34,35). The summed E-state index contributed by atoms with van der Waals surface area (Å²) in [5.41, 5.74) is 5.89. The largest absolute Gasteiger partial charge is 0.465 e. The summed E-state index contributed by atoms with van der Waals surface area (Å²) >= 11 is 4.70. The van der Waals surface area contributed by atoms with Gasteiger partial charge >= 0.3 is 6.09 Å². The van der Waals surface area contributed by atoms with E-state index in [4.69, 9.17) is 17.4 Å². The van der Waals surface area contributed by atoms with E-state index < -0.39 is 6.09 Å². The molecule has 4 nitrogen and oxygen atoms in total. The van der Waals surface area contributed by atoms with E-state index in [-0.39, 0.29) is 24.1 Å². The van der Waals surface area contributed by atoms with E-state index in [1.807, 2.05) is 18.2 Å². The van der Waals surface area contributed by atoms with Crippen LogP contribution >= 0.6 is 12.6 Å². The summed E-state index contributed by atoms with van der Waals surface area (Å²) in [5, 5.41) is 12.4. The van der Waals surface area contributed by atoms with Crippen LogP contribution in [0.2, 0.25) is 0 Å². The fourth-order valence-electron chi connectivity index (χ4n) is 6.43. The predicted octanol–water partition coefficient (Wildman–Crippen LogP) is 7.52. The summed E-state index contributed by atoms with van der Waals surface area (Å²) in [6.45, 7) is 0.457. The Labute approximate surface area is 223 Å². The number of nitrogens with zero attached hydrogens (tertiary/aromatic N) is 1. The molecule has 4 aromatic rings. The molecule has 188 valence electrons. The topological polar surface area (TPSA) is 49.8 Å². The highest BCUT2D eigenvalue weighted by molar-refractivity contribution is 7.79. The van der Waals surface area contributed by atoms with Crippen LogP contribution in [-0.4, -0.2) is 34.3 Å². The van der Waals surface area contributed by atoms with Crippen molar-refractivity contribution in [1.29, 1.82) is 0 Å². The van der Waals surface area contributed by atoms with Gasteiger partial charge in [0.25, 0.3) is 0 Å². The summed E-state index contributed by atoms with van der Waals surface area (Å²) in [5.74, 6) is 0.752. The number of benzene rings is 4. The molecule has 0 spiro atoms. The fraction of sp³-hybridized carbons (Fsp3) is 0.281. The van der Waals surface area contributed by atoms with Crippen molar-refractivity contribution in [2.75, 3.05) is 0 Å². The first-order valence-electron chi connectivity index (χ1n) is 13.0. The first kappa shape index (κ1) is 24.1. The van der Waals surface area contributed by atoms with Gasteiger partial charge in [-0.1, -0.05) is 84.9 Å². The van der Waals surface area contributed by atoms with Crippen molar-refractivity contribution >= 4 is 29.5 Å². The molecule has 6 rings (SSSR count). The van der Waals surface area contributed by atoms with E-state index >= 15 is 0 Å². The number of hydrogen-bond donors (Lipinski definition) is 2. The summed E-state index contributed by atoms with van der Waals surface area (Å²) in [6.07, 6.45) is 1.47. The minimum Gasteiger partial charge on any atom is -0.465 e. The van der Waals surface area contributed by atoms with Crippen molar-refractivity contribution in [2.45, 2.75) is 55.7 Å². The summed E-state index contributed by atoms with van der Waals surface area (Å²) in [4.78, 5) is 13.9. The number of amides is 1. The highest BCUT2D eigenvalue weighted by atomic mass is 32.1. The molecule has 4 atom stereocenters. The molecule has 4 unspecified atom stereocenters. The molecule has 0 saturated carbocycles. The molecule has 5 heteroatoms. The van der Waals surface area contributed by atoms with Crippen molar-refractivity contribution < 1.29 is 14.6 Å². The van der Waals surface area contributed by atoms with Crippen LogP contribution < -0.4 is 0 Å². The third kappa shape index (κ3) is 4.62. The van der Waals surface area contributed by atoms with Crippen LogP contribution in [0.5, 0.6) is 0 Å². The number of fused-ring (bicyclic) bond motifs is 3. The van der Waals surface area contributed by atoms with Crippen LogP contribution in [0.3, 0.4) is 0 Å². The van der Waals surface area contributed by atoms with Gasteiger partial charge in [-0.15, -0.1) is 0 Å². The molecule has 2 aliphatic rings. The molecule has 0 aliphatic carbocycles. The van der Waals surface area contributed by atoms with E-state index in [9.17, 15) is 9.90 Å². The Morgan fingerprint density at radius 3 is 2.46 bits per heavy atom. The lowest BCUT2D eigenvalue weighted by Gasteiger charge is -2.44. The van der Waals surface area contributed by atoms with Gasteiger partial charge in [-0.3, -0.25) is 4.90 Å². The number of ether oxygens (including phenoxy) is 1. The van der Waals surface area contributed by atoms with Gasteiger partial charge in [-0.25, -0.2) is 4.79 Å². The Morgan fingerprint density at radius 1 is 0.892 bits per heavy atom. The first-order valence-corrected chi connectivity index (χ1v) is 13.7. The number of piperidine rings is 1. The highest BCUT2D eigenvalue weighted by Crippen LogP contribution is 2.46. The average Bonchev–Trinajstić information content (AvgIpc) is 3.27. The SMILES string of the molecule is O=C(O)N1C2CCC1C(OCc1ccc3ccccc3c1)C(c1ccc(-c3ccccc3)cc1CS)C2. The van der Waals surface area contributed by atoms with Gasteiger partial charge in [-0.05, 0) is 63.9 Å². The van der Waals surface area contributed by atoms with Crippen molar-refractivity contribution in [1.82, 2.24) is 4.90 Å². The Balaban J connectivity index is 1.33. The minimum atomic E-state index is -0.834. The molecule has 1 amide bonds. The zero-order valence-electron chi connectivity index (χ0n) is 20.7. The van der Waals surface area contributed by atoms with E-state index in [0.717, 1.165) is 24.8 Å².